The van der Waals surface area contributed by atoms with Gasteiger partial charge in [-0.3, -0.25) is 9.59 Å². The van der Waals surface area contributed by atoms with Crippen LogP contribution in [0.2, 0.25) is 0 Å². The van der Waals surface area contributed by atoms with Crippen molar-refractivity contribution in [1.82, 2.24) is 15.1 Å². The molecular weight excluding hydrogens is 414 g/mol. The highest BCUT2D eigenvalue weighted by molar-refractivity contribution is 7.07. The van der Waals surface area contributed by atoms with Crippen LogP contribution < -0.4 is 14.8 Å². The molecule has 0 bridgehead atoms. The van der Waals surface area contributed by atoms with Crippen molar-refractivity contribution in [2.75, 3.05) is 47.9 Å². The quantitative estimate of drug-likeness (QED) is 0.676. The van der Waals surface area contributed by atoms with Gasteiger partial charge in [-0.15, -0.1) is 0 Å². The lowest BCUT2D eigenvalue weighted by Crippen LogP contribution is -2.44. The standard InChI is InChI=1S/C23H31N3O4S/c1-25(2)21(17-7-10-31-15-17)14-24-22(27)16-5-8-26(9-6-16)23(28)18-11-19(29-3)13-20(12-18)30-4/h7,10-13,15-16,21H,5-6,8-9,14H2,1-4H3,(H,24,27)/t21-/m1/s1. The van der Waals surface area contributed by atoms with Crippen LogP contribution in [0, 0.1) is 5.92 Å². The van der Waals surface area contributed by atoms with Crippen molar-refractivity contribution >= 4 is 23.2 Å². The Morgan fingerprint density at radius 1 is 1.16 bits per heavy atom. The molecule has 8 heteroatoms. The maximum absolute atomic E-state index is 12.9. The van der Waals surface area contributed by atoms with Crippen LogP contribution in [0.3, 0.4) is 0 Å². The first-order chi connectivity index (χ1) is 14.9. The number of piperidine rings is 1. The van der Waals surface area contributed by atoms with Gasteiger partial charge < -0.3 is 24.6 Å². The molecule has 1 aliphatic rings. The maximum atomic E-state index is 12.9. The molecule has 1 aromatic carbocycles. The lowest BCUT2D eigenvalue weighted by atomic mass is 9.95. The van der Waals surface area contributed by atoms with E-state index in [0.717, 1.165) is 0 Å². The number of carbonyl (C=O) groups is 2. The Hall–Kier alpha value is -2.58. The molecule has 1 fully saturated rings. The van der Waals surface area contributed by atoms with E-state index in [2.05, 4.69) is 27.0 Å². The molecule has 7 nitrogen and oxygen atoms in total. The molecule has 31 heavy (non-hydrogen) atoms. The second-order valence-corrected chi connectivity index (χ2v) is 8.73. The summed E-state index contributed by atoms with van der Waals surface area (Å²) in [6.07, 6.45) is 1.31. The van der Waals surface area contributed by atoms with Gasteiger partial charge in [0.15, 0.2) is 0 Å². The minimum atomic E-state index is -0.0748. The first-order valence-electron chi connectivity index (χ1n) is 10.4. The zero-order chi connectivity index (χ0) is 22.4. The highest BCUT2D eigenvalue weighted by Crippen LogP contribution is 2.26. The van der Waals surface area contributed by atoms with E-state index in [4.69, 9.17) is 9.47 Å². The number of rotatable bonds is 8. The lowest BCUT2D eigenvalue weighted by molar-refractivity contribution is -0.126. The predicted molar refractivity (Wildman–Crippen MR) is 122 cm³/mol. The molecule has 1 N–H and O–H groups in total. The number of thiophene rings is 1. The molecule has 1 aromatic heterocycles. The number of carbonyl (C=O) groups excluding carboxylic acids is 2. The van der Waals surface area contributed by atoms with Gasteiger partial charge in [-0.2, -0.15) is 11.3 Å². The molecule has 168 valence electrons. The van der Waals surface area contributed by atoms with E-state index in [0.29, 0.717) is 49.5 Å². The Bertz CT molecular complexity index is 855. The van der Waals surface area contributed by atoms with Gasteiger partial charge in [-0.1, -0.05) is 0 Å². The molecule has 1 atom stereocenters. The Balaban J connectivity index is 1.54. The molecule has 1 saturated heterocycles. The zero-order valence-electron chi connectivity index (χ0n) is 18.6. The van der Waals surface area contributed by atoms with Gasteiger partial charge in [0.25, 0.3) is 5.91 Å². The summed E-state index contributed by atoms with van der Waals surface area (Å²) in [4.78, 5) is 29.6. The molecule has 0 saturated carbocycles. The van der Waals surface area contributed by atoms with Gasteiger partial charge in [0.05, 0.1) is 20.3 Å². The Kier molecular flexibility index (Phi) is 7.92. The number of benzene rings is 1. The SMILES string of the molecule is COc1cc(OC)cc(C(=O)N2CCC(C(=O)NC[C@H](c3ccsc3)N(C)C)CC2)c1. The monoisotopic (exact) mass is 445 g/mol. The van der Waals surface area contributed by atoms with Crippen LogP contribution in [0.25, 0.3) is 0 Å². The minimum absolute atomic E-state index is 0.0669. The number of methoxy groups -OCH3 is 2. The van der Waals surface area contributed by atoms with Crippen LogP contribution in [0.5, 0.6) is 11.5 Å². The van der Waals surface area contributed by atoms with Gasteiger partial charge in [0.1, 0.15) is 11.5 Å². The third-order valence-corrected chi connectivity index (χ3v) is 6.47. The summed E-state index contributed by atoms with van der Waals surface area (Å²) in [6.45, 7) is 1.68. The summed E-state index contributed by atoms with van der Waals surface area (Å²) in [6, 6.07) is 7.43. The molecule has 2 amide bonds. The van der Waals surface area contributed by atoms with Crippen LogP contribution in [-0.2, 0) is 4.79 Å². The van der Waals surface area contributed by atoms with Gasteiger partial charge in [-0.25, -0.2) is 0 Å². The Labute approximate surface area is 187 Å². The summed E-state index contributed by atoms with van der Waals surface area (Å²) < 4.78 is 10.5. The van der Waals surface area contributed by atoms with E-state index < -0.39 is 0 Å². The van der Waals surface area contributed by atoms with Crippen LogP contribution in [0.15, 0.2) is 35.0 Å². The van der Waals surface area contributed by atoms with Crippen LogP contribution >= 0.6 is 11.3 Å². The number of likely N-dealkylation sites (tertiary alicyclic amines) is 1. The Morgan fingerprint density at radius 3 is 2.32 bits per heavy atom. The third kappa shape index (κ3) is 5.77. The topological polar surface area (TPSA) is 71.1 Å². The van der Waals surface area contributed by atoms with Gasteiger partial charge in [0, 0.05) is 37.2 Å². The van der Waals surface area contributed by atoms with Crippen molar-refractivity contribution in [1.29, 1.82) is 0 Å². The second kappa shape index (κ2) is 10.6. The largest absolute Gasteiger partial charge is 0.497 e. The minimum Gasteiger partial charge on any atom is -0.497 e. The number of hydrogen-bond acceptors (Lipinski definition) is 6. The predicted octanol–water partition coefficient (Wildman–Crippen LogP) is 3.04. The van der Waals surface area contributed by atoms with E-state index in [1.165, 1.54) is 5.56 Å². The molecular formula is C23H31N3O4S. The number of hydrogen-bond donors (Lipinski definition) is 1. The first kappa shape index (κ1) is 23.1. The van der Waals surface area contributed by atoms with Crippen molar-refractivity contribution < 1.29 is 19.1 Å². The van der Waals surface area contributed by atoms with E-state index >= 15 is 0 Å². The number of nitrogens with one attached hydrogen (secondary N) is 1. The number of likely N-dealkylation sites (N-methyl/N-ethyl adjacent to an activating group) is 1. The zero-order valence-corrected chi connectivity index (χ0v) is 19.4. The van der Waals surface area contributed by atoms with Crippen LogP contribution in [0.1, 0.15) is 34.8 Å². The first-order valence-corrected chi connectivity index (χ1v) is 11.4. The van der Waals surface area contributed by atoms with Crippen molar-refractivity contribution in [3.63, 3.8) is 0 Å². The van der Waals surface area contributed by atoms with Crippen LogP contribution in [0.4, 0.5) is 0 Å². The van der Waals surface area contributed by atoms with Crippen molar-refractivity contribution in [2.45, 2.75) is 18.9 Å². The highest BCUT2D eigenvalue weighted by atomic mass is 32.1. The number of ether oxygens (including phenoxy) is 2. The molecule has 0 aliphatic carbocycles. The molecule has 2 aromatic rings. The molecule has 0 spiro atoms. The summed E-state index contributed by atoms with van der Waals surface area (Å²) in [5, 5.41) is 7.29. The third-order valence-electron chi connectivity index (χ3n) is 5.77. The van der Waals surface area contributed by atoms with Crippen LogP contribution in [-0.4, -0.2) is 69.6 Å². The summed E-state index contributed by atoms with van der Waals surface area (Å²) in [5.41, 5.74) is 1.74. The average molecular weight is 446 g/mol. The van der Waals surface area contributed by atoms with E-state index in [9.17, 15) is 9.59 Å². The normalized spacial score (nSPS) is 15.6. The summed E-state index contributed by atoms with van der Waals surface area (Å²) in [7, 11) is 7.16. The van der Waals surface area contributed by atoms with Crippen molar-refractivity contribution in [3.05, 3.63) is 46.2 Å². The lowest BCUT2D eigenvalue weighted by Gasteiger charge is -2.32. The molecule has 1 aliphatic heterocycles. The smallest absolute Gasteiger partial charge is 0.254 e. The summed E-state index contributed by atoms with van der Waals surface area (Å²) in [5.74, 6) is 1.09. The van der Waals surface area contributed by atoms with E-state index in [-0.39, 0.29) is 23.8 Å². The molecule has 3 rings (SSSR count). The molecule has 2 heterocycles. The maximum Gasteiger partial charge on any atom is 0.254 e. The second-order valence-electron chi connectivity index (χ2n) is 7.95. The van der Waals surface area contributed by atoms with E-state index in [1.54, 1.807) is 48.7 Å². The fourth-order valence-electron chi connectivity index (χ4n) is 3.86. The van der Waals surface area contributed by atoms with E-state index in [1.807, 2.05) is 14.1 Å². The molecule has 0 unspecified atom stereocenters. The fraction of sp³-hybridized carbons (Fsp3) is 0.478. The van der Waals surface area contributed by atoms with Gasteiger partial charge in [0.2, 0.25) is 5.91 Å². The highest BCUT2D eigenvalue weighted by Gasteiger charge is 2.29. The number of amides is 2. The Morgan fingerprint density at radius 2 is 1.81 bits per heavy atom. The number of nitrogens with zero attached hydrogens (tertiary/aromatic N) is 2. The molecule has 0 radical (unpaired) electrons. The van der Waals surface area contributed by atoms with Crippen molar-refractivity contribution in [2.24, 2.45) is 5.92 Å². The summed E-state index contributed by atoms with van der Waals surface area (Å²) >= 11 is 1.66. The van der Waals surface area contributed by atoms with Gasteiger partial charge in [-0.05, 0) is 61.5 Å². The van der Waals surface area contributed by atoms with Gasteiger partial charge >= 0.3 is 0 Å². The van der Waals surface area contributed by atoms with Crippen molar-refractivity contribution in [3.8, 4) is 11.5 Å². The fourth-order valence-corrected chi connectivity index (χ4v) is 4.57. The average Bonchev–Trinajstić information content (AvgIpc) is 3.32.